The summed E-state index contributed by atoms with van der Waals surface area (Å²) in [6, 6.07) is 4.51. The molecule has 1 atom stereocenters. The summed E-state index contributed by atoms with van der Waals surface area (Å²) in [5.74, 6) is 0. The lowest BCUT2D eigenvalue weighted by Crippen LogP contribution is -2.46. The summed E-state index contributed by atoms with van der Waals surface area (Å²) < 4.78 is 0. The van der Waals surface area contributed by atoms with Crippen LogP contribution in [-0.2, 0) is 5.66 Å². The fourth-order valence-corrected chi connectivity index (χ4v) is 2.89. The quantitative estimate of drug-likeness (QED) is 0.775. The molecular formula is C10H15N3S2. The zero-order valence-electron chi connectivity index (χ0n) is 9.07. The lowest BCUT2D eigenvalue weighted by atomic mass is 10.2. The molecule has 1 aromatic heterocycles. The topological polar surface area (TPSA) is 27.3 Å². The summed E-state index contributed by atoms with van der Waals surface area (Å²) in [6.45, 7) is 6.33. The minimum Gasteiger partial charge on any atom is -0.338 e. The first-order chi connectivity index (χ1) is 7.03. The zero-order valence-corrected chi connectivity index (χ0v) is 10.7. The fourth-order valence-electron chi connectivity index (χ4n) is 1.64. The number of thiophene rings is 1. The molecular weight excluding hydrogens is 226 g/mol. The Kier molecular flexibility index (Phi) is 2.70. The molecule has 5 heteroatoms. The molecule has 1 fully saturated rings. The first-order valence-electron chi connectivity index (χ1n) is 4.96. The molecule has 1 aromatic rings. The summed E-state index contributed by atoms with van der Waals surface area (Å²) in [5.41, 5.74) is 3.16. The number of hydrazine groups is 1. The number of hydrogen-bond donors (Lipinski definition) is 2. The molecule has 0 radical (unpaired) electrons. The van der Waals surface area contributed by atoms with Gasteiger partial charge in [0.2, 0.25) is 0 Å². The van der Waals surface area contributed by atoms with Crippen LogP contribution in [0.25, 0.3) is 0 Å². The maximum Gasteiger partial charge on any atom is 0.185 e. The van der Waals surface area contributed by atoms with Gasteiger partial charge in [-0.1, -0.05) is 6.07 Å². The van der Waals surface area contributed by atoms with E-state index in [1.807, 2.05) is 5.01 Å². The number of rotatable bonds is 2. The van der Waals surface area contributed by atoms with E-state index in [9.17, 15) is 0 Å². The Hall–Kier alpha value is -0.650. The SMILES string of the molecule is CC(C)N1N[C@](C)(c2cccs2)NC1=S. The smallest absolute Gasteiger partial charge is 0.185 e. The maximum absolute atomic E-state index is 5.30. The number of nitrogens with zero attached hydrogens (tertiary/aromatic N) is 1. The van der Waals surface area contributed by atoms with Gasteiger partial charge in [-0.05, 0) is 44.4 Å². The van der Waals surface area contributed by atoms with Crippen LogP contribution in [-0.4, -0.2) is 16.2 Å². The van der Waals surface area contributed by atoms with Gasteiger partial charge >= 0.3 is 0 Å². The van der Waals surface area contributed by atoms with Crippen LogP contribution in [0.15, 0.2) is 17.5 Å². The van der Waals surface area contributed by atoms with Gasteiger partial charge in [0.15, 0.2) is 5.11 Å². The molecule has 0 saturated carbocycles. The van der Waals surface area contributed by atoms with Crippen molar-refractivity contribution in [2.75, 3.05) is 0 Å². The number of hydrogen-bond acceptors (Lipinski definition) is 3. The van der Waals surface area contributed by atoms with Gasteiger partial charge in [0.05, 0.1) is 0 Å². The highest BCUT2D eigenvalue weighted by Gasteiger charge is 2.38. The van der Waals surface area contributed by atoms with Crippen LogP contribution in [0.2, 0.25) is 0 Å². The minimum atomic E-state index is -0.254. The van der Waals surface area contributed by atoms with Crippen LogP contribution in [0.1, 0.15) is 25.6 Å². The Morgan fingerprint density at radius 2 is 2.27 bits per heavy atom. The second-order valence-electron chi connectivity index (χ2n) is 4.11. The molecule has 2 rings (SSSR count). The molecule has 0 bridgehead atoms. The molecule has 1 aliphatic heterocycles. The first-order valence-corrected chi connectivity index (χ1v) is 6.25. The Morgan fingerprint density at radius 1 is 1.53 bits per heavy atom. The van der Waals surface area contributed by atoms with E-state index in [0.29, 0.717) is 6.04 Å². The highest BCUT2D eigenvalue weighted by Crippen LogP contribution is 2.27. The highest BCUT2D eigenvalue weighted by molar-refractivity contribution is 7.80. The zero-order chi connectivity index (χ0) is 11.1. The first kappa shape index (κ1) is 10.9. The van der Waals surface area contributed by atoms with Crippen LogP contribution in [0.4, 0.5) is 0 Å². The monoisotopic (exact) mass is 241 g/mol. The molecule has 2 N–H and O–H groups in total. The van der Waals surface area contributed by atoms with Gasteiger partial charge in [0.1, 0.15) is 5.66 Å². The molecule has 1 saturated heterocycles. The average molecular weight is 241 g/mol. The van der Waals surface area contributed by atoms with Crippen LogP contribution < -0.4 is 10.7 Å². The highest BCUT2D eigenvalue weighted by atomic mass is 32.1. The number of nitrogens with one attached hydrogen (secondary N) is 2. The van der Waals surface area contributed by atoms with Crippen molar-refractivity contribution in [3.63, 3.8) is 0 Å². The Labute approximate surface area is 99.4 Å². The third kappa shape index (κ3) is 1.87. The second kappa shape index (κ2) is 3.73. The Balaban J connectivity index is 2.24. The van der Waals surface area contributed by atoms with Crippen molar-refractivity contribution in [2.45, 2.75) is 32.5 Å². The summed E-state index contributed by atoms with van der Waals surface area (Å²) in [5, 5.41) is 8.15. The van der Waals surface area contributed by atoms with Crippen LogP contribution >= 0.6 is 23.6 Å². The summed E-state index contributed by atoms with van der Waals surface area (Å²) in [4.78, 5) is 1.24. The van der Waals surface area contributed by atoms with Gasteiger partial charge in [-0.3, -0.25) is 5.01 Å². The molecule has 82 valence electrons. The third-order valence-electron chi connectivity index (χ3n) is 2.45. The van der Waals surface area contributed by atoms with Crippen LogP contribution in [0, 0.1) is 0 Å². The normalized spacial score (nSPS) is 26.1. The lowest BCUT2D eigenvalue weighted by Gasteiger charge is -2.26. The van der Waals surface area contributed by atoms with Crippen molar-refractivity contribution < 1.29 is 0 Å². The minimum absolute atomic E-state index is 0.254. The van der Waals surface area contributed by atoms with E-state index >= 15 is 0 Å². The van der Waals surface area contributed by atoms with E-state index in [-0.39, 0.29) is 5.66 Å². The molecule has 15 heavy (non-hydrogen) atoms. The van der Waals surface area contributed by atoms with E-state index in [1.165, 1.54) is 4.88 Å². The molecule has 0 amide bonds. The maximum atomic E-state index is 5.30. The predicted octanol–water partition coefficient (Wildman–Crippen LogP) is 2.02. The standard InChI is InChI=1S/C10H15N3S2/c1-7(2)13-9(14)11-10(3,12-13)8-5-4-6-15-8/h4-7,12H,1-3H3,(H,11,14)/t10-/m1/s1. The van der Waals surface area contributed by atoms with Gasteiger partial charge in [-0.15, -0.1) is 11.3 Å². The molecule has 0 spiro atoms. The lowest BCUT2D eigenvalue weighted by molar-refractivity contribution is 0.205. The average Bonchev–Trinajstić information content (AvgIpc) is 2.73. The van der Waals surface area contributed by atoms with Gasteiger partial charge in [0.25, 0.3) is 0 Å². The van der Waals surface area contributed by atoms with Crippen molar-refractivity contribution in [2.24, 2.45) is 0 Å². The number of thiocarbonyl (C=S) groups is 1. The van der Waals surface area contributed by atoms with Gasteiger partial charge < -0.3 is 5.32 Å². The molecule has 3 nitrogen and oxygen atoms in total. The fraction of sp³-hybridized carbons (Fsp3) is 0.500. The molecule has 0 unspecified atom stereocenters. The van der Waals surface area contributed by atoms with Crippen molar-refractivity contribution in [1.82, 2.24) is 15.8 Å². The predicted molar refractivity (Wildman–Crippen MR) is 67.5 cm³/mol. The van der Waals surface area contributed by atoms with E-state index < -0.39 is 0 Å². The summed E-state index contributed by atoms with van der Waals surface area (Å²) in [6.07, 6.45) is 0. The van der Waals surface area contributed by atoms with Crippen molar-refractivity contribution in [3.05, 3.63) is 22.4 Å². The Bertz CT molecular complexity index is 361. The summed E-state index contributed by atoms with van der Waals surface area (Å²) in [7, 11) is 0. The largest absolute Gasteiger partial charge is 0.338 e. The van der Waals surface area contributed by atoms with Crippen molar-refractivity contribution >= 4 is 28.7 Å². The van der Waals surface area contributed by atoms with E-state index in [2.05, 4.69) is 49.0 Å². The molecule has 2 heterocycles. The third-order valence-corrected chi connectivity index (χ3v) is 3.84. The van der Waals surface area contributed by atoms with E-state index in [0.717, 1.165) is 5.11 Å². The van der Waals surface area contributed by atoms with Crippen LogP contribution in [0.5, 0.6) is 0 Å². The second-order valence-corrected chi connectivity index (χ2v) is 5.44. The van der Waals surface area contributed by atoms with Gasteiger partial charge in [-0.25, -0.2) is 5.43 Å². The van der Waals surface area contributed by atoms with Crippen molar-refractivity contribution in [1.29, 1.82) is 0 Å². The van der Waals surface area contributed by atoms with E-state index in [1.54, 1.807) is 11.3 Å². The van der Waals surface area contributed by atoms with Crippen LogP contribution in [0.3, 0.4) is 0 Å². The Morgan fingerprint density at radius 3 is 2.73 bits per heavy atom. The molecule has 1 aliphatic rings. The van der Waals surface area contributed by atoms with Gasteiger partial charge in [0, 0.05) is 10.9 Å². The molecule has 0 aromatic carbocycles. The van der Waals surface area contributed by atoms with E-state index in [4.69, 9.17) is 12.2 Å². The van der Waals surface area contributed by atoms with Gasteiger partial charge in [-0.2, -0.15) is 0 Å². The molecule has 0 aliphatic carbocycles. The summed E-state index contributed by atoms with van der Waals surface area (Å²) >= 11 is 7.02. The van der Waals surface area contributed by atoms with Crippen molar-refractivity contribution in [3.8, 4) is 0 Å².